The highest BCUT2D eigenvalue weighted by molar-refractivity contribution is 5.85. The van der Waals surface area contributed by atoms with Gasteiger partial charge >= 0.3 is 0 Å². The van der Waals surface area contributed by atoms with E-state index < -0.39 is 17.8 Å². The molecule has 1 amide bonds. The lowest BCUT2D eigenvalue weighted by molar-refractivity contribution is -0.138. The molecule has 0 aromatic heterocycles. The van der Waals surface area contributed by atoms with Gasteiger partial charge < -0.3 is 20.3 Å². The van der Waals surface area contributed by atoms with Crippen molar-refractivity contribution in [2.45, 2.75) is 18.8 Å². The minimum absolute atomic E-state index is 0.448. The average Bonchev–Trinajstić information content (AvgIpc) is 2.36. The normalized spacial score (nSPS) is 16.1. The molecule has 1 aromatic carbocycles. The van der Waals surface area contributed by atoms with Crippen LogP contribution in [0.4, 0.5) is 0 Å². The number of rotatable bonds is 4. The van der Waals surface area contributed by atoms with E-state index in [-0.39, 0.29) is 0 Å². The van der Waals surface area contributed by atoms with Gasteiger partial charge in [-0.1, -0.05) is 24.3 Å². The smallest absolute Gasteiger partial charge is 0.256 e. The number of aliphatic hydroxyl groups excluding tert-OH is 1. The molecule has 2 unspecified atom stereocenters. The Balaban J connectivity index is 2.98. The van der Waals surface area contributed by atoms with Gasteiger partial charge in [-0.3, -0.25) is 4.79 Å². The number of hydrogen-bond donors (Lipinski definition) is 3. The van der Waals surface area contributed by atoms with E-state index in [0.717, 1.165) is 0 Å². The summed E-state index contributed by atoms with van der Waals surface area (Å²) in [7, 11) is 2.85. The van der Waals surface area contributed by atoms with Gasteiger partial charge in [-0.15, -0.1) is 0 Å². The summed E-state index contributed by atoms with van der Waals surface area (Å²) < 4.78 is 4.74. The molecule has 5 heteroatoms. The predicted molar refractivity (Wildman–Crippen MR) is 62.0 cm³/mol. The first-order valence-electron chi connectivity index (χ1n) is 5.19. The summed E-state index contributed by atoms with van der Waals surface area (Å²) in [4.78, 5) is 11.5. The van der Waals surface area contributed by atoms with Gasteiger partial charge in [0.1, 0.15) is 0 Å². The molecular formula is C12H17NO4. The minimum Gasteiger partial charge on any atom is -0.376 e. The maximum Gasteiger partial charge on any atom is 0.256 e. The summed E-state index contributed by atoms with van der Waals surface area (Å²) in [6.45, 7) is 1.41. The Labute approximate surface area is 100 Å². The molecule has 3 N–H and O–H groups in total. The number of methoxy groups -OCH3 is 1. The van der Waals surface area contributed by atoms with Crippen LogP contribution in [0.1, 0.15) is 24.3 Å². The predicted octanol–water partition coefficient (Wildman–Crippen LogP) is 0.277. The summed E-state index contributed by atoms with van der Waals surface area (Å²) in [5.41, 5.74) is -0.585. The Morgan fingerprint density at radius 3 is 2.35 bits per heavy atom. The van der Waals surface area contributed by atoms with Crippen LogP contribution in [0.3, 0.4) is 0 Å². The lowest BCUT2D eigenvalue weighted by Gasteiger charge is -2.22. The van der Waals surface area contributed by atoms with E-state index in [1.807, 2.05) is 0 Å². The van der Waals surface area contributed by atoms with E-state index in [4.69, 9.17) is 4.74 Å². The number of benzene rings is 1. The number of amides is 1. The van der Waals surface area contributed by atoms with E-state index in [0.29, 0.717) is 11.1 Å². The largest absolute Gasteiger partial charge is 0.376 e. The zero-order chi connectivity index (χ0) is 13.1. The molecule has 94 valence electrons. The maximum atomic E-state index is 11.5. The molecule has 17 heavy (non-hydrogen) atoms. The third-order valence-electron chi connectivity index (χ3n) is 2.65. The molecule has 0 bridgehead atoms. The van der Waals surface area contributed by atoms with Gasteiger partial charge in [0.15, 0.2) is 11.9 Å². The van der Waals surface area contributed by atoms with Crippen LogP contribution in [0.25, 0.3) is 0 Å². The van der Waals surface area contributed by atoms with Crippen molar-refractivity contribution in [3.63, 3.8) is 0 Å². The fourth-order valence-electron chi connectivity index (χ4n) is 1.48. The maximum absolute atomic E-state index is 11.5. The summed E-state index contributed by atoms with van der Waals surface area (Å²) in [5.74, 6) is -0.488. The first-order chi connectivity index (χ1) is 7.93. The van der Waals surface area contributed by atoms with Crippen LogP contribution in [0.15, 0.2) is 24.3 Å². The molecule has 2 atom stereocenters. The molecule has 0 aliphatic rings. The van der Waals surface area contributed by atoms with Crippen LogP contribution in [0, 0.1) is 0 Å². The number of carbonyl (C=O) groups excluding carboxylic acids is 1. The van der Waals surface area contributed by atoms with Gasteiger partial charge in [-0.2, -0.15) is 0 Å². The van der Waals surface area contributed by atoms with Crippen LogP contribution in [-0.4, -0.2) is 30.3 Å². The van der Waals surface area contributed by atoms with E-state index in [1.54, 1.807) is 24.3 Å². The Morgan fingerprint density at radius 2 is 1.94 bits per heavy atom. The van der Waals surface area contributed by atoms with Crippen molar-refractivity contribution in [2.24, 2.45) is 0 Å². The van der Waals surface area contributed by atoms with Gasteiger partial charge in [0.2, 0.25) is 0 Å². The molecule has 0 spiro atoms. The molecular weight excluding hydrogens is 222 g/mol. The fourth-order valence-corrected chi connectivity index (χ4v) is 1.48. The minimum atomic E-state index is -1.59. The van der Waals surface area contributed by atoms with Crippen LogP contribution >= 0.6 is 0 Å². The van der Waals surface area contributed by atoms with Crippen LogP contribution in [0.5, 0.6) is 0 Å². The molecule has 0 radical (unpaired) electrons. The quantitative estimate of drug-likeness (QED) is 0.659. The van der Waals surface area contributed by atoms with Gasteiger partial charge in [-0.05, 0) is 12.5 Å². The van der Waals surface area contributed by atoms with Gasteiger partial charge in [-0.25, -0.2) is 0 Å². The molecule has 0 aliphatic carbocycles. The molecule has 0 saturated carbocycles. The summed E-state index contributed by atoms with van der Waals surface area (Å²) in [6, 6.07) is 6.35. The van der Waals surface area contributed by atoms with E-state index in [9.17, 15) is 15.0 Å². The molecule has 0 aliphatic heterocycles. The van der Waals surface area contributed by atoms with Crippen LogP contribution in [0.2, 0.25) is 0 Å². The summed E-state index contributed by atoms with van der Waals surface area (Å²) in [6.07, 6.45) is -1.01. The monoisotopic (exact) mass is 239 g/mol. The highest BCUT2D eigenvalue weighted by atomic mass is 16.6. The molecule has 1 rings (SSSR count). The molecule has 0 heterocycles. The highest BCUT2D eigenvalue weighted by Gasteiger charge is 2.31. The lowest BCUT2D eigenvalue weighted by atomic mass is 9.94. The van der Waals surface area contributed by atoms with E-state index in [2.05, 4.69) is 5.32 Å². The number of hydrogen-bond acceptors (Lipinski definition) is 4. The second-order valence-corrected chi connectivity index (χ2v) is 3.86. The molecule has 0 fully saturated rings. The van der Waals surface area contributed by atoms with Gasteiger partial charge in [0.25, 0.3) is 5.91 Å². The molecule has 0 saturated heterocycles. The third-order valence-corrected chi connectivity index (χ3v) is 2.65. The zero-order valence-corrected chi connectivity index (χ0v) is 10.1. The van der Waals surface area contributed by atoms with Crippen LogP contribution < -0.4 is 5.32 Å². The highest BCUT2D eigenvalue weighted by Crippen LogP contribution is 2.23. The van der Waals surface area contributed by atoms with Crippen molar-refractivity contribution < 1.29 is 19.7 Å². The second kappa shape index (κ2) is 5.27. The lowest BCUT2D eigenvalue weighted by Crippen LogP contribution is -2.40. The van der Waals surface area contributed by atoms with E-state index >= 15 is 0 Å². The second-order valence-electron chi connectivity index (χ2n) is 3.86. The van der Waals surface area contributed by atoms with Crippen molar-refractivity contribution in [1.29, 1.82) is 0 Å². The topological polar surface area (TPSA) is 78.8 Å². The summed E-state index contributed by atoms with van der Waals surface area (Å²) >= 11 is 0. The number of carbonyl (C=O) groups is 1. The van der Waals surface area contributed by atoms with Crippen molar-refractivity contribution in [1.82, 2.24) is 5.32 Å². The molecule has 5 nitrogen and oxygen atoms in total. The van der Waals surface area contributed by atoms with Crippen molar-refractivity contribution in [2.75, 3.05) is 14.2 Å². The van der Waals surface area contributed by atoms with Crippen LogP contribution in [-0.2, 0) is 15.1 Å². The number of aliphatic hydroxyl groups is 2. The average molecular weight is 239 g/mol. The Kier molecular flexibility index (Phi) is 4.22. The third kappa shape index (κ3) is 2.82. The zero-order valence-electron chi connectivity index (χ0n) is 10.1. The number of ether oxygens (including phenoxy) is 1. The first-order valence-corrected chi connectivity index (χ1v) is 5.19. The first kappa shape index (κ1) is 13.6. The fraction of sp³-hybridized carbons (Fsp3) is 0.417. The Hall–Kier alpha value is -1.43. The summed E-state index contributed by atoms with van der Waals surface area (Å²) in [5, 5.41) is 21.8. The van der Waals surface area contributed by atoms with Crippen molar-refractivity contribution in [3.05, 3.63) is 35.4 Å². The molecule has 1 aromatic rings. The van der Waals surface area contributed by atoms with Crippen molar-refractivity contribution in [3.8, 4) is 0 Å². The van der Waals surface area contributed by atoms with Gasteiger partial charge in [0, 0.05) is 19.7 Å². The van der Waals surface area contributed by atoms with Crippen molar-refractivity contribution >= 4 is 5.91 Å². The standard InChI is InChI=1S/C12H17NO4/c1-12(16,11(15)13-2)9-6-4-8(5-7-9)10(14)17-3/h4-7,10,14,16H,1-3H3,(H,13,15). The Bertz CT molecular complexity index is 386. The van der Waals surface area contributed by atoms with Gasteiger partial charge in [0.05, 0.1) is 0 Å². The van der Waals surface area contributed by atoms with E-state index in [1.165, 1.54) is 21.1 Å². The Morgan fingerprint density at radius 1 is 1.41 bits per heavy atom. The number of likely N-dealkylation sites (N-methyl/N-ethyl adjacent to an activating group) is 1. The number of nitrogens with one attached hydrogen (secondary N) is 1. The SMILES string of the molecule is CNC(=O)C(C)(O)c1ccc(C(O)OC)cc1.